The van der Waals surface area contributed by atoms with Gasteiger partial charge in [0.25, 0.3) is 0 Å². The Morgan fingerprint density at radius 1 is 1.39 bits per heavy atom. The fraction of sp³-hybridized carbons (Fsp3) is 0.308. The maximum absolute atomic E-state index is 9.51. The van der Waals surface area contributed by atoms with Gasteiger partial charge in [0.05, 0.1) is 13.2 Å². The average Bonchev–Trinajstić information content (AvgIpc) is 2.89. The summed E-state index contributed by atoms with van der Waals surface area (Å²) < 4.78 is 10.9. The van der Waals surface area contributed by atoms with Crippen molar-refractivity contribution < 1.29 is 14.6 Å². The third-order valence-corrected chi connectivity index (χ3v) is 3.26. The number of hydrogen-bond donors (Lipinski definition) is 1. The standard InChI is InChI=1S/C13H15NO3S/c1-9(15)10-3-4-11(12(7-10)16-2)17-8-13-14-5-6-18-13/h3-7,9,15H,8H2,1-2H3. The first-order valence-corrected chi connectivity index (χ1v) is 6.46. The predicted molar refractivity (Wildman–Crippen MR) is 70.1 cm³/mol. The van der Waals surface area contributed by atoms with Crippen molar-refractivity contribution in [2.75, 3.05) is 7.11 Å². The highest BCUT2D eigenvalue weighted by Crippen LogP contribution is 2.30. The van der Waals surface area contributed by atoms with Crippen LogP contribution >= 0.6 is 11.3 Å². The van der Waals surface area contributed by atoms with Gasteiger partial charge in [0.1, 0.15) is 11.6 Å². The van der Waals surface area contributed by atoms with E-state index in [9.17, 15) is 5.11 Å². The number of nitrogens with zero attached hydrogens (tertiary/aromatic N) is 1. The second-order valence-corrected chi connectivity index (χ2v) is 4.78. The number of hydrogen-bond acceptors (Lipinski definition) is 5. The molecule has 1 aromatic carbocycles. The van der Waals surface area contributed by atoms with Gasteiger partial charge in [-0.1, -0.05) is 6.07 Å². The van der Waals surface area contributed by atoms with E-state index in [1.54, 1.807) is 43.7 Å². The fourth-order valence-corrected chi connectivity index (χ4v) is 2.05. The summed E-state index contributed by atoms with van der Waals surface area (Å²) in [6.45, 7) is 2.13. The number of ether oxygens (including phenoxy) is 2. The van der Waals surface area contributed by atoms with Crippen LogP contribution in [-0.4, -0.2) is 17.2 Å². The third kappa shape index (κ3) is 3.00. The smallest absolute Gasteiger partial charge is 0.161 e. The lowest BCUT2D eigenvalue weighted by atomic mass is 10.1. The molecule has 0 bridgehead atoms. The minimum Gasteiger partial charge on any atom is -0.493 e. The molecule has 2 rings (SSSR count). The number of aromatic nitrogens is 1. The van der Waals surface area contributed by atoms with E-state index >= 15 is 0 Å². The highest BCUT2D eigenvalue weighted by Gasteiger charge is 2.09. The molecule has 1 atom stereocenters. The van der Waals surface area contributed by atoms with Crippen molar-refractivity contribution in [3.63, 3.8) is 0 Å². The molecule has 1 N–H and O–H groups in total. The number of aliphatic hydroxyl groups is 1. The number of aliphatic hydroxyl groups excluding tert-OH is 1. The Kier molecular flexibility index (Phi) is 4.17. The summed E-state index contributed by atoms with van der Waals surface area (Å²) in [5.41, 5.74) is 0.799. The Morgan fingerprint density at radius 3 is 2.83 bits per heavy atom. The molecule has 0 fully saturated rings. The minimum absolute atomic E-state index is 0.419. The van der Waals surface area contributed by atoms with Crippen molar-refractivity contribution in [2.45, 2.75) is 19.6 Å². The normalized spacial score (nSPS) is 12.2. The van der Waals surface area contributed by atoms with Crippen LogP contribution in [0.5, 0.6) is 11.5 Å². The summed E-state index contributed by atoms with van der Waals surface area (Å²) >= 11 is 1.55. The lowest BCUT2D eigenvalue weighted by Crippen LogP contribution is -1.99. The molecule has 18 heavy (non-hydrogen) atoms. The van der Waals surface area contributed by atoms with Crippen molar-refractivity contribution in [3.05, 3.63) is 40.3 Å². The zero-order chi connectivity index (χ0) is 13.0. The molecule has 5 heteroatoms. The lowest BCUT2D eigenvalue weighted by Gasteiger charge is -2.12. The summed E-state index contributed by atoms with van der Waals surface area (Å²) in [6, 6.07) is 5.40. The van der Waals surface area contributed by atoms with Crippen LogP contribution in [0.2, 0.25) is 0 Å². The molecule has 1 heterocycles. The van der Waals surface area contributed by atoms with Crippen molar-refractivity contribution in [3.8, 4) is 11.5 Å². The van der Waals surface area contributed by atoms with Crippen LogP contribution in [-0.2, 0) is 6.61 Å². The van der Waals surface area contributed by atoms with E-state index < -0.39 is 6.10 Å². The van der Waals surface area contributed by atoms with Gasteiger partial charge in [-0.05, 0) is 24.6 Å². The second-order valence-electron chi connectivity index (χ2n) is 3.80. The molecule has 2 aromatic rings. The molecule has 0 aliphatic carbocycles. The molecule has 0 spiro atoms. The van der Waals surface area contributed by atoms with Crippen LogP contribution in [0.4, 0.5) is 0 Å². The first kappa shape index (κ1) is 12.9. The van der Waals surface area contributed by atoms with E-state index in [-0.39, 0.29) is 0 Å². The summed E-state index contributed by atoms with van der Waals surface area (Å²) in [5, 5.41) is 12.3. The van der Waals surface area contributed by atoms with Crippen LogP contribution in [0.3, 0.4) is 0 Å². The maximum Gasteiger partial charge on any atom is 0.161 e. The number of rotatable bonds is 5. The molecule has 4 nitrogen and oxygen atoms in total. The topological polar surface area (TPSA) is 51.6 Å². The largest absolute Gasteiger partial charge is 0.493 e. The minimum atomic E-state index is -0.521. The molecule has 0 aliphatic heterocycles. The highest BCUT2D eigenvalue weighted by molar-refractivity contribution is 7.09. The summed E-state index contributed by atoms with van der Waals surface area (Å²) in [4.78, 5) is 4.15. The quantitative estimate of drug-likeness (QED) is 0.903. The Hall–Kier alpha value is -1.59. The van der Waals surface area contributed by atoms with Gasteiger partial charge in [0, 0.05) is 11.6 Å². The van der Waals surface area contributed by atoms with Crippen molar-refractivity contribution in [2.24, 2.45) is 0 Å². The number of methoxy groups -OCH3 is 1. The maximum atomic E-state index is 9.51. The van der Waals surface area contributed by atoms with Crippen LogP contribution in [0.15, 0.2) is 29.8 Å². The summed E-state index contributed by atoms with van der Waals surface area (Å²) in [6.07, 6.45) is 1.23. The van der Waals surface area contributed by atoms with Gasteiger partial charge >= 0.3 is 0 Å². The zero-order valence-corrected chi connectivity index (χ0v) is 11.1. The third-order valence-electron chi connectivity index (χ3n) is 2.50. The molecule has 1 unspecified atom stereocenters. The van der Waals surface area contributed by atoms with E-state index in [1.165, 1.54) is 0 Å². The molecular weight excluding hydrogens is 250 g/mol. The van der Waals surface area contributed by atoms with E-state index in [1.807, 2.05) is 11.4 Å². The SMILES string of the molecule is COc1cc(C(C)O)ccc1OCc1nccs1. The van der Waals surface area contributed by atoms with Gasteiger partial charge in [-0.25, -0.2) is 4.98 Å². The summed E-state index contributed by atoms with van der Waals surface area (Å²) in [7, 11) is 1.58. The van der Waals surface area contributed by atoms with Crippen LogP contribution in [0.1, 0.15) is 23.6 Å². The Morgan fingerprint density at radius 2 is 2.22 bits per heavy atom. The van der Waals surface area contributed by atoms with Gasteiger partial charge in [0.2, 0.25) is 0 Å². The molecule has 0 amide bonds. The predicted octanol–water partition coefficient (Wildman–Crippen LogP) is 2.78. The van der Waals surface area contributed by atoms with Gasteiger partial charge in [0.15, 0.2) is 11.5 Å². The van der Waals surface area contributed by atoms with E-state index in [2.05, 4.69) is 4.98 Å². The molecule has 0 radical (unpaired) electrons. The molecular formula is C13H15NO3S. The van der Waals surface area contributed by atoms with Crippen molar-refractivity contribution >= 4 is 11.3 Å². The summed E-state index contributed by atoms with van der Waals surface area (Å²) in [5.74, 6) is 1.27. The average molecular weight is 265 g/mol. The van der Waals surface area contributed by atoms with E-state index in [4.69, 9.17) is 9.47 Å². The van der Waals surface area contributed by atoms with Gasteiger partial charge in [-0.15, -0.1) is 11.3 Å². The highest BCUT2D eigenvalue weighted by atomic mass is 32.1. The fourth-order valence-electron chi connectivity index (χ4n) is 1.53. The monoisotopic (exact) mass is 265 g/mol. The number of thiazole rings is 1. The molecule has 1 aromatic heterocycles. The van der Waals surface area contributed by atoms with Crippen LogP contribution < -0.4 is 9.47 Å². The van der Waals surface area contributed by atoms with Crippen LogP contribution in [0, 0.1) is 0 Å². The molecule has 0 saturated heterocycles. The zero-order valence-electron chi connectivity index (χ0n) is 10.3. The second kappa shape index (κ2) is 5.84. The molecule has 0 saturated carbocycles. The van der Waals surface area contributed by atoms with E-state index in [0.717, 1.165) is 10.6 Å². The van der Waals surface area contributed by atoms with Gasteiger partial charge in [-0.2, -0.15) is 0 Å². The Bertz CT molecular complexity index is 497. The Balaban J connectivity index is 2.12. The van der Waals surface area contributed by atoms with Crippen LogP contribution in [0.25, 0.3) is 0 Å². The van der Waals surface area contributed by atoms with E-state index in [0.29, 0.717) is 18.1 Å². The van der Waals surface area contributed by atoms with Crippen molar-refractivity contribution in [1.82, 2.24) is 4.98 Å². The number of benzene rings is 1. The van der Waals surface area contributed by atoms with Crippen molar-refractivity contribution in [1.29, 1.82) is 0 Å². The van der Waals surface area contributed by atoms with Gasteiger partial charge < -0.3 is 14.6 Å². The molecule has 0 aliphatic rings. The first-order chi connectivity index (χ1) is 8.70. The lowest BCUT2D eigenvalue weighted by molar-refractivity contribution is 0.198. The molecule has 96 valence electrons. The first-order valence-electron chi connectivity index (χ1n) is 5.58. The van der Waals surface area contributed by atoms with Gasteiger partial charge in [-0.3, -0.25) is 0 Å². The Labute approximate surface area is 110 Å².